The Hall–Kier alpha value is -0.760. The summed E-state index contributed by atoms with van der Waals surface area (Å²) in [5, 5.41) is 1.94. The van der Waals surface area contributed by atoms with E-state index in [4.69, 9.17) is 0 Å². The number of hydrogen-bond acceptors (Lipinski definition) is 4. The molecule has 2 heterocycles. The van der Waals surface area contributed by atoms with Gasteiger partial charge in [0.15, 0.2) is 0 Å². The van der Waals surface area contributed by atoms with Crippen molar-refractivity contribution in [1.29, 1.82) is 0 Å². The highest BCUT2D eigenvalue weighted by molar-refractivity contribution is 14.1. The second-order valence-electron chi connectivity index (χ2n) is 3.02. The molecule has 0 bridgehead atoms. The molecule has 0 aliphatic rings. The van der Waals surface area contributed by atoms with E-state index in [1.165, 1.54) is 11.3 Å². The Kier molecular flexibility index (Phi) is 3.15. The van der Waals surface area contributed by atoms with E-state index in [1.54, 1.807) is 16.3 Å². The van der Waals surface area contributed by atoms with E-state index in [1.807, 2.05) is 34.9 Å². The van der Waals surface area contributed by atoms with Crippen molar-refractivity contribution in [3.05, 3.63) is 42.5 Å². The maximum absolute atomic E-state index is 11.8. The highest BCUT2D eigenvalue weighted by atomic mass is 127. The van der Waals surface area contributed by atoms with Gasteiger partial charge in [-0.2, -0.15) is 0 Å². The fraction of sp³-hybridized carbons (Fsp3) is 0.222. The maximum Gasteiger partial charge on any atom is 0.267 e. The molecule has 0 aromatic carbocycles. The van der Waals surface area contributed by atoms with E-state index in [9.17, 15) is 4.79 Å². The average molecular weight is 333 g/mol. The molecule has 2 aromatic rings. The highest BCUT2D eigenvalue weighted by Gasteiger charge is 2.06. The van der Waals surface area contributed by atoms with E-state index >= 15 is 0 Å². The molecule has 15 heavy (non-hydrogen) atoms. The topological polar surface area (TPSA) is 47.8 Å². The van der Waals surface area contributed by atoms with E-state index in [2.05, 4.69) is 9.97 Å². The molecule has 0 atom stereocenters. The lowest BCUT2D eigenvalue weighted by Crippen LogP contribution is -2.26. The number of nitrogens with zero attached hydrogens (tertiary/aromatic N) is 3. The largest absolute Gasteiger partial charge is 0.290 e. The summed E-state index contributed by atoms with van der Waals surface area (Å²) in [4.78, 5) is 20.1. The first-order chi connectivity index (χ1) is 7.18. The Morgan fingerprint density at radius 3 is 3.00 bits per heavy atom. The van der Waals surface area contributed by atoms with Gasteiger partial charge in [-0.25, -0.2) is 9.97 Å². The fourth-order valence-corrected chi connectivity index (χ4v) is 2.19. The van der Waals surface area contributed by atoms with Crippen LogP contribution in [0, 0.1) is 10.5 Å². The molecular formula is C9H8IN3OS. The molecule has 0 N–H and O–H groups in total. The summed E-state index contributed by atoms with van der Waals surface area (Å²) in [6.45, 7) is 2.32. The first-order valence-electron chi connectivity index (χ1n) is 4.27. The van der Waals surface area contributed by atoms with Gasteiger partial charge in [-0.15, -0.1) is 11.3 Å². The molecule has 0 saturated heterocycles. The van der Waals surface area contributed by atoms with Gasteiger partial charge in [0.1, 0.15) is 5.82 Å². The summed E-state index contributed by atoms with van der Waals surface area (Å²) in [7, 11) is 0. The third-order valence-corrected chi connectivity index (χ3v) is 3.38. The van der Waals surface area contributed by atoms with Crippen LogP contribution in [0.3, 0.4) is 0 Å². The lowest BCUT2D eigenvalue weighted by Gasteiger charge is -2.06. The Morgan fingerprint density at radius 2 is 2.33 bits per heavy atom. The van der Waals surface area contributed by atoms with Crippen molar-refractivity contribution in [1.82, 2.24) is 14.5 Å². The molecule has 6 heteroatoms. The molecule has 0 unspecified atom stereocenters. The van der Waals surface area contributed by atoms with Gasteiger partial charge < -0.3 is 0 Å². The lowest BCUT2D eigenvalue weighted by molar-refractivity contribution is 0.684. The zero-order valence-corrected chi connectivity index (χ0v) is 10.9. The van der Waals surface area contributed by atoms with Gasteiger partial charge >= 0.3 is 0 Å². The Bertz CT molecular complexity index is 521. The molecule has 0 radical (unpaired) electrons. The fourth-order valence-electron chi connectivity index (χ4n) is 1.21. The molecule has 2 aromatic heterocycles. The molecule has 0 saturated carbocycles. The summed E-state index contributed by atoms with van der Waals surface area (Å²) in [6.07, 6.45) is 1.59. The number of hydrogen-bond donors (Lipinski definition) is 0. The minimum Gasteiger partial charge on any atom is -0.290 e. The molecule has 78 valence electrons. The summed E-state index contributed by atoms with van der Waals surface area (Å²) in [5.74, 6) is 0.716. The molecule has 0 aliphatic heterocycles. The van der Waals surface area contributed by atoms with Crippen LogP contribution in [-0.4, -0.2) is 14.5 Å². The number of halogens is 1. The van der Waals surface area contributed by atoms with Gasteiger partial charge in [0.25, 0.3) is 5.56 Å². The smallest absolute Gasteiger partial charge is 0.267 e. The van der Waals surface area contributed by atoms with Crippen molar-refractivity contribution >= 4 is 33.9 Å². The van der Waals surface area contributed by atoms with Gasteiger partial charge in [-0.05, 0) is 29.5 Å². The van der Waals surface area contributed by atoms with Crippen LogP contribution in [0.5, 0.6) is 0 Å². The van der Waals surface area contributed by atoms with Gasteiger partial charge in [0.05, 0.1) is 21.3 Å². The van der Waals surface area contributed by atoms with E-state index in [0.717, 1.165) is 5.69 Å². The number of aryl methyl sites for hydroxylation is 1. The normalized spacial score (nSPS) is 10.5. The predicted molar refractivity (Wildman–Crippen MR) is 67.2 cm³/mol. The van der Waals surface area contributed by atoms with E-state index < -0.39 is 0 Å². The second kappa shape index (κ2) is 4.40. The van der Waals surface area contributed by atoms with Gasteiger partial charge in [0.2, 0.25) is 0 Å². The van der Waals surface area contributed by atoms with Gasteiger partial charge in [0, 0.05) is 11.6 Å². The summed E-state index contributed by atoms with van der Waals surface area (Å²) in [5.41, 5.74) is 2.65. The third-order valence-electron chi connectivity index (χ3n) is 2.01. The number of thiazole rings is 1. The molecule has 4 nitrogen and oxygen atoms in total. The first kappa shape index (κ1) is 10.7. The zero-order chi connectivity index (χ0) is 10.8. The monoisotopic (exact) mass is 333 g/mol. The molecule has 0 aliphatic carbocycles. The molecule has 0 amide bonds. The van der Waals surface area contributed by atoms with Crippen molar-refractivity contribution in [3.8, 4) is 0 Å². The minimum atomic E-state index is -0.00361. The van der Waals surface area contributed by atoms with Crippen LogP contribution in [0.25, 0.3) is 0 Å². The molecule has 2 rings (SSSR count). The van der Waals surface area contributed by atoms with Crippen LogP contribution in [0.2, 0.25) is 0 Å². The lowest BCUT2D eigenvalue weighted by atomic mass is 10.4. The quantitative estimate of drug-likeness (QED) is 0.786. The summed E-state index contributed by atoms with van der Waals surface area (Å²) >= 11 is 3.52. The van der Waals surface area contributed by atoms with Crippen LogP contribution in [0.15, 0.2) is 21.9 Å². The molecular weight excluding hydrogens is 325 g/mol. The van der Waals surface area contributed by atoms with Crippen LogP contribution >= 0.6 is 33.9 Å². The van der Waals surface area contributed by atoms with Crippen LogP contribution < -0.4 is 5.56 Å². The minimum absolute atomic E-state index is 0.00361. The molecule has 0 spiro atoms. The summed E-state index contributed by atoms with van der Waals surface area (Å²) < 4.78 is 2.27. The van der Waals surface area contributed by atoms with Crippen molar-refractivity contribution in [3.63, 3.8) is 0 Å². The van der Waals surface area contributed by atoms with Crippen LogP contribution in [-0.2, 0) is 6.54 Å². The van der Waals surface area contributed by atoms with Crippen molar-refractivity contribution in [2.24, 2.45) is 0 Å². The number of aromatic nitrogens is 3. The van der Waals surface area contributed by atoms with Crippen LogP contribution in [0.4, 0.5) is 0 Å². The maximum atomic E-state index is 11.8. The average Bonchev–Trinajstić information content (AvgIpc) is 2.71. The van der Waals surface area contributed by atoms with E-state index in [-0.39, 0.29) is 5.56 Å². The van der Waals surface area contributed by atoms with Crippen molar-refractivity contribution < 1.29 is 0 Å². The summed E-state index contributed by atoms with van der Waals surface area (Å²) in [6, 6.07) is 0. The Balaban J connectivity index is 2.44. The zero-order valence-electron chi connectivity index (χ0n) is 7.98. The Labute approximate surface area is 104 Å². The standard InChI is InChI=1S/C9H8IN3OS/c1-6-11-2-8(10)9(14)13(6)3-7-4-15-5-12-7/h2,4-5H,3H2,1H3. The van der Waals surface area contributed by atoms with Gasteiger partial charge in [-0.1, -0.05) is 0 Å². The van der Waals surface area contributed by atoms with Crippen molar-refractivity contribution in [2.75, 3.05) is 0 Å². The highest BCUT2D eigenvalue weighted by Crippen LogP contribution is 2.04. The first-order valence-corrected chi connectivity index (χ1v) is 6.29. The van der Waals surface area contributed by atoms with Crippen LogP contribution in [0.1, 0.15) is 11.5 Å². The SMILES string of the molecule is Cc1ncc(I)c(=O)n1Cc1cscn1. The predicted octanol–water partition coefficient (Wildman–Crippen LogP) is 1.66. The van der Waals surface area contributed by atoms with Crippen molar-refractivity contribution in [2.45, 2.75) is 13.5 Å². The third kappa shape index (κ3) is 2.25. The Morgan fingerprint density at radius 1 is 1.53 bits per heavy atom. The second-order valence-corrected chi connectivity index (χ2v) is 4.91. The van der Waals surface area contributed by atoms with Gasteiger partial charge in [-0.3, -0.25) is 9.36 Å². The molecule has 0 fully saturated rings. The van der Waals surface area contributed by atoms with E-state index in [0.29, 0.717) is 15.9 Å². The number of rotatable bonds is 2.